The van der Waals surface area contributed by atoms with Crippen LogP contribution in [0.3, 0.4) is 0 Å². The molecule has 0 radical (unpaired) electrons. The van der Waals surface area contributed by atoms with Crippen LogP contribution in [0, 0.1) is 0 Å². The largest absolute Gasteiger partial charge is 0.398 e. The van der Waals surface area contributed by atoms with Gasteiger partial charge in [0.2, 0.25) is 5.91 Å². The first-order valence-corrected chi connectivity index (χ1v) is 6.52. The van der Waals surface area contributed by atoms with Crippen LogP contribution in [0.15, 0.2) is 36.5 Å². The Balaban J connectivity index is 1.85. The van der Waals surface area contributed by atoms with Crippen molar-refractivity contribution < 1.29 is 4.79 Å². The van der Waals surface area contributed by atoms with Crippen LogP contribution < -0.4 is 16.4 Å². The van der Waals surface area contributed by atoms with Crippen molar-refractivity contribution in [2.24, 2.45) is 5.73 Å². The van der Waals surface area contributed by atoms with E-state index in [9.17, 15) is 4.79 Å². The van der Waals surface area contributed by atoms with Crippen molar-refractivity contribution >= 4 is 17.4 Å². The number of hydrogen-bond acceptors (Lipinski definition) is 4. The summed E-state index contributed by atoms with van der Waals surface area (Å²) in [7, 11) is 0. The summed E-state index contributed by atoms with van der Waals surface area (Å²) in [4.78, 5) is 17.5. The number of hydrogen-bond donors (Lipinski definition) is 2. The maximum absolute atomic E-state index is 11.0. The fourth-order valence-corrected chi connectivity index (χ4v) is 2.55. The zero-order valence-electron chi connectivity index (χ0n) is 11.0. The summed E-state index contributed by atoms with van der Waals surface area (Å²) in [6.07, 6.45) is 2.42. The number of primary amides is 1. The molecule has 1 aromatic heterocycles. The molecule has 5 nitrogen and oxygen atoms in total. The van der Waals surface area contributed by atoms with E-state index < -0.39 is 5.91 Å². The summed E-state index contributed by atoms with van der Waals surface area (Å²) in [6.45, 7) is 1.65. The molecule has 1 aliphatic rings. The Labute approximate surface area is 117 Å². The molecule has 20 heavy (non-hydrogen) atoms. The summed E-state index contributed by atoms with van der Waals surface area (Å²) in [5, 5.41) is 0. The van der Waals surface area contributed by atoms with Crippen molar-refractivity contribution in [2.45, 2.75) is 13.0 Å². The number of benzene rings is 1. The summed E-state index contributed by atoms with van der Waals surface area (Å²) in [6, 6.07) is 9.54. The van der Waals surface area contributed by atoms with Crippen LogP contribution in [0.5, 0.6) is 0 Å². The molecule has 4 N–H and O–H groups in total. The van der Waals surface area contributed by atoms with Crippen LogP contribution in [0.1, 0.15) is 21.5 Å². The van der Waals surface area contributed by atoms with Crippen LogP contribution in [0.2, 0.25) is 0 Å². The van der Waals surface area contributed by atoms with E-state index in [4.69, 9.17) is 11.5 Å². The first-order chi connectivity index (χ1) is 9.65. The quantitative estimate of drug-likeness (QED) is 0.804. The van der Waals surface area contributed by atoms with Gasteiger partial charge < -0.3 is 16.4 Å². The number of pyridine rings is 1. The van der Waals surface area contributed by atoms with Gasteiger partial charge in [0.15, 0.2) is 0 Å². The lowest BCUT2D eigenvalue weighted by molar-refractivity contribution is 0.1000. The predicted molar refractivity (Wildman–Crippen MR) is 78.4 cm³/mol. The molecule has 102 valence electrons. The Hall–Kier alpha value is -2.56. The Bertz CT molecular complexity index is 651. The second kappa shape index (κ2) is 4.85. The highest BCUT2D eigenvalue weighted by molar-refractivity contribution is 5.92. The molecule has 0 fully saturated rings. The standard InChI is InChI=1S/C15H16N4O/c16-13-3-1-2-11-9-19(7-6-12(11)13)14-5-4-10(8-18-14)15(17)20/h1-5,8H,6-7,9,16H2,(H2,17,20). The smallest absolute Gasteiger partial charge is 0.250 e. The van der Waals surface area contributed by atoms with Gasteiger partial charge in [0.1, 0.15) is 5.82 Å². The number of anilines is 2. The molecule has 0 aliphatic carbocycles. The topological polar surface area (TPSA) is 85.2 Å². The maximum atomic E-state index is 11.0. The predicted octanol–water partition coefficient (Wildman–Crippen LogP) is 1.33. The Kier molecular flexibility index (Phi) is 3.02. The number of carbonyl (C=O) groups excluding carboxylic acids is 1. The lowest BCUT2D eigenvalue weighted by atomic mass is 9.98. The van der Waals surface area contributed by atoms with E-state index in [1.165, 1.54) is 17.3 Å². The van der Waals surface area contributed by atoms with Crippen LogP contribution in [-0.4, -0.2) is 17.4 Å². The van der Waals surface area contributed by atoms with Crippen LogP contribution in [-0.2, 0) is 13.0 Å². The Morgan fingerprint density at radius 1 is 1.25 bits per heavy atom. The molecule has 0 atom stereocenters. The number of carbonyl (C=O) groups is 1. The molecule has 1 aliphatic heterocycles. The van der Waals surface area contributed by atoms with Gasteiger partial charge >= 0.3 is 0 Å². The number of fused-ring (bicyclic) bond motifs is 1. The molecular weight excluding hydrogens is 252 g/mol. The SMILES string of the molecule is NC(=O)c1ccc(N2CCc3c(N)cccc3C2)nc1. The van der Waals surface area contributed by atoms with Crippen LogP contribution in [0.25, 0.3) is 0 Å². The summed E-state index contributed by atoms with van der Waals surface area (Å²) in [5.41, 5.74) is 15.0. The highest BCUT2D eigenvalue weighted by atomic mass is 16.1. The summed E-state index contributed by atoms with van der Waals surface area (Å²) in [5.74, 6) is 0.392. The minimum absolute atomic E-state index is 0.426. The molecule has 1 aromatic carbocycles. The number of nitrogens with zero attached hydrogens (tertiary/aromatic N) is 2. The first kappa shape index (κ1) is 12.5. The summed E-state index contributed by atoms with van der Waals surface area (Å²) < 4.78 is 0. The van der Waals surface area contributed by atoms with Gasteiger partial charge in [-0.3, -0.25) is 4.79 Å². The lowest BCUT2D eigenvalue weighted by Gasteiger charge is -2.30. The maximum Gasteiger partial charge on any atom is 0.250 e. The molecule has 0 unspecified atom stereocenters. The number of rotatable bonds is 2. The molecular formula is C15H16N4O. The van der Waals surface area contributed by atoms with E-state index in [0.29, 0.717) is 5.56 Å². The molecule has 0 bridgehead atoms. The normalized spacial score (nSPS) is 13.9. The third kappa shape index (κ3) is 2.18. The van der Waals surface area contributed by atoms with Crippen molar-refractivity contribution in [3.8, 4) is 0 Å². The molecule has 1 amide bonds. The first-order valence-electron chi connectivity index (χ1n) is 6.52. The zero-order chi connectivity index (χ0) is 14.1. The molecule has 5 heteroatoms. The van der Waals surface area contributed by atoms with E-state index in [1.807, 2.05) is 18.2 Å². The van der Waals surface area contributed by atoms with Crippen molar-refractivity contribution in [1.29, 1.82) is 0 Å². The van der Waals surface area contributed by atoms with E-state index in [0.717, 1.165) is 31.0 Å². The van der Waals surface area contributed by atoms with Gasteiger partial charge in [-0.05, 0) is 35.7 Å². The third-order valence-corrected chi connectivity index (χ3v) is 3.66. The van der Waals surface area contributed by atoms with E-state index in [1.54, 1.807) is 6.07 Å². The molecule has 0 saturated heterocycles. The van der Waals surface area contributed by atoms with Gasteiger partial charge in [0, 0.05) is 25.0 Å². The third-order valence-electron chi connectivity index (χ3n) is 3.66. The Morgan fingerprint density at radius 3 is 2.80 bits per heavy atom. The average Bonchev–Trinajstić information content (AvgIpc) is 2.47. The fourth-order valence-electron chi connectivity index (χ4n) is 2.55. The van der Waals surface area contributed by atoms with E-state index >= 15 is 0 Å². The zero-order valence-corrected chi connectivity index (χ0v) is 11.0. The van der Waals surface area contributed by atoms with Crippen molar-refractivity contribution in [3.05, 3.63) is 53.2 Å². The number of nitrogen functional groups attached to an aromatic ring is 1. The number of amides is 1. The lowest BCUT2D eigenvalue weighted by Crippen LogP contribution is -2.31. The van der Waals surface area contributed by atoms with Gasteiger partial charge in [0.05, 0.1) is 5.56 Å². The second-order valence-corrected chi connectivity index (χ2v) is 4.93. The van der Waals surface area contributed by atoms with Gasteiger partial charge in [-0.25, -0.2) is 4.98 Å². The van der Waals surface area contributed by atoms with Crippen LogP contribution >= 0.6 is 0 Å². The number of aromatic nitrogens is 1. The van der Waals surface area contributed by atoms with Crippen molar-refractivity contribution in [1.82, 2.24) is 4.98 Å². The minimum Gasteiger partial charge on any atom is -0.398 e. The van der Waals surface area contributed by atoms with E-state index in [-0.39, 0.29) is 0 Å². The van der Waals surface area contributed by atoms with Gasteiger partial charge in [0.25, 0.3) is 0 Å². The highest BCUT2D eigenvalue weighted by Crippen LogP contribution is 2.26. The van der Waals surface area contributed by atoms with Gasteiger partial charge in [-0.2, -0.15) is 0 Å². The molecule has 0 spiro atoms. The Morgan fingerprint density at radius 2 is 2.10 bits per heavy atom. The molecule has 0 saturated carbocycles. The average molecular weight is 268 g/mol. The fraction of sp³-hybridized carbons (Fsp3) is 0.200. The highest BCUT2D eigenvalue weighted by Gasteiger charge is 2.18. The molecule has 2 aromatic rings. The van der Waals surface area contributed by atoms with Gasteiger partial charge in [-0.1, -0.05) is 12.1 Å². The minimum atomic E-state index is -0.458. The summed E-state index contributed by atoms with van der Waals surface area (Å²) >= 11 is 0. The van der Waals surface area contributed by atoms with Crippen molar-refractivity contribution in [3.63, 3.8) is 0 Å². The second-order valence-electron chi connectivity index (χ2n) is 4.93. The van der Waals surface area contributed by atoms with E-state index in [2.05, 4.69) is 16.0 Å². The van der Waals surface area contributed by atoms with Crippen LogP contribution in [0.4, 0.5) is 11.5 Å². The number of nitrogens with two attached hydrogens (primary N) is 2. The monoisotopic (exact) mass is 268 g/mol. The molecule has 3 rings (SSSR count). The molecule has 2 heterocycles. The van der Waals surface area contributed by atoms with Gasteiger partial charge in [-0.15, -0.1) is 0 Å². The van der Waals surface area contributed by atoms with Crippen molar-refractivity contribution in [2.75, 3.05) is 17.2 Å².